The Morgan fingerprint density at radius 1 is 1.23 bits per heavy atom. The van der Waals surface area contributed by atoms with E-state index in [2.05, 4.69) is 53.6 Å². The Kier molecular flexibility index (Phi) is 6.38. The van der Waals surface area contributed by atoms with Gasteiger partial charge in [0.05, 0.1) is 6.04 Å². The number of thiocarbonyl (C=S) groups is 1. The molecular formula is C21H26ClN3S. The first-order chi connectivity index (χ1) is 12.5. The lowest BCUT2D eigenvalue weighted by atomic mass is 9.99. The minimum atomic E-state index is 0.128. The van der Waals surface area contributed by atoms with E-state index in [4.69, 9.17) is 23.8 Å². The van der Waals surface area contributed by atoms with Crippen LogP contribution in [0.2, 0.25) is 5.02 Å². The second kappa shape index (κ2) is 8.74. The molecule has 0 radical (unpaired) electrons. The molecule has 1 aliphatic rings. The summed E-state index contributed by atoms with van der Waals surface area (Å²) in [5.74, 6) is 0.777. The highest BCUT2D eigenvalue weighted by molar-refractivity contribution is 7.80. The van der Waals surface area contributed by atoms with Gasteiger partial charge in [-0.05, 0) is 73.8 Å². The van der Waals surface area contributed by atoms with E-state index < -0.39 is 0 Å². The molecule has 2 N–H and O–H groups in total. The van der Waals surface area contributed by atoms with E-state index in [1.165, 1.54) is 24.1 Å². The molecule has 0 bridgehead atoms. The van der Waals surface area contributed by atoms with Crippen molar-refractivity contribution in [3.05, 3.63) is 59.1 Å². The fourth-order valence-corrected chi connectivity index (χ4v) is 3.90. The van der Waals surface area contributed by atoms with Crippen molar-refractivity contribution in [2.45, 2.75) is 32.7 Å². The molecule has 3 nitrogen and oxygen atoms in total. The number of nitrogens with zero attached hydrogens (tertiary/aromatic N) is 1. The van der Waals surface area contributed by atoms with Crippen LogP contribution in [0.1, 0.15) is 38.3 Å². The van der Waals surface area contributed by atoms with E-state index in [9.17, 15) is 0 Å². The number of nitrogens with one attached hydrogen (secondary N) is 2. The monoisotopic (exact) mass is 387 g/mol. The van der Waals surface area contributed by atoms with Gasteiger partial charge in [0.25, 0.3) is 0 Å². The highest BCUT2D eigenvalue weighted by Crippen LogP contribution is 2.24. The number of hydrogen-bond donors (Lipinski definition) is 2. The second-order valence-corrected chi connectivity index (χ2v) is 7.96. The molecule has 5 heteroatoms. The Morgan fingerprint density at radius 2 is 2.00 bits per heavy atom. The normalized spacial score (nSPS) is 18.3. The van der Waals surface area contributed by atoms with Gasteiger partial charge in [0, 0.05) is 29.5 Å². The largest absolute Gasteiger partial charge is 0.371 e. The summed E-state index contributed by atoms with van der Waals surface area (Å²) in [5.41, 5.74) is 3.41. The van der Waals surface area contributed by atoms with Crippen LogP contribution in [0.5, 0.6) is 0 Å². The molecule has 1 fully saturated rings. The smallest absolute Gasteiger partial charge is 0.171 e. The third-order valence-electron chi connectivity index (χ3n) is 4.85. The van der Waals surface area contributed by atoms with Gasteiger partial charge in [-0.25, -0.2) is 0 Å². The molecule has 0 amide bonds. The van der Waals surface area contributed by atoms with Crippen molar-refractivity contribution < 1.29 is 0 Å². The standard InChI is InChI=1S/C21H26ClN3S/c1-15-5-4-12-25(14-15)20-10-8-17(9-11-20)16(2)23-21(26)24-19-7-3-6-18(22)13-19/h3,6-11,13,15-16H,4-5,12,14H2,1-2H3,(H2,23,24,26)/t15-,16+/m0/s1. The summed E-state index contributed by atoms with van der Waals surface area (Å²) >= 11 is 11.4. The molecule has 0 spiro atoms. The number of halogens is 1. The van der Waals surface area contributed by atoms with Crippen molar-refractivity contribution in [1.29, 1.82) is 0 Å². The molecule has 0 unspecified atom stereocenters. The maximum Gasteiger partial charge on any atom is 0.171 e. The van der Waals surface area contributed by atoms with Gasteiger partial charge < -0.3 is 15.5 Å². The molecule has 2 atom stereocenters. The predicted octanol–water partition coefficient (Wildman–Crippen LogP) is 5.62. The highest BCUT2D eigenvalue weighted by Gasteiger charge is 2.17. The van der Waals surface area contributed by atoms with E-state index in [1.54, 1.807) is 0 Å². The Hall–Kier alpha value is -1.78. The Balaban J connectivity index is 1.57. The summed E-state index contributed by atoms with van der Waals surface area (Å²) in [4.78, 5) is 2.49. The fraction of sp³-hybridized carbons (Fsp3) is 0.381. The van der Waals surface area contributed by atoms with E-state index in [-0.39, 0.29) is 6.04 Å². The van der Waals surface area contributed by atoms with Crippen molar-refractivity contribution in [1.82, 2.24) is 5.32 Å². The lowest BCUT2D eigenvalue weighted by Gasteiger charge is -2.33. The SMILES string of the molecule is C[C@H]1CCCN(c2ccc([C@@H](C)NC(=S)Nc3cccc(Cl)c3)cc2)C1. The third-order valence-corrected chi connectivity index (χ3v) is 5.30. The lowest BCUT2D eigenvalue weighted by molar-refractivity contribution is 0.447. The summed E-state index contributed by atoms with van der Waals surface area (Å²) in [6, 6.07) is 16.5. The number of hydrogen-bond acceptors (Lipinski definition) is 2. The summed E-state index contributed by atoms with van der Waals surface area (Å²) in [5, 5.41) is 7.79. The molecule has 0 aromatic heterocycles. The van der Waals surface area contributed by atoms with Crippen molar-refractivity contribution in [2.24, 2.45) is 5.92 Å². The molecule has 0 aliphatic carbocycles. The zero-order valence-corrected chi connectivity index (χ0v) is 16.9. The van der Waals surface area contributed by atoms with E-state index in [0.717, 1.165) is 24.7 Å². The molecular weight excluding hydrogens is 362 g/mol. The van der Waals surface area contributed by atoms with Crippen LogP contribution in [0.4, 0.5) is 11.4 Å². The van der Waals surface area contributed by atoms with Crippen LogP contribution in [0.25, 0.3) is 0 Å². The summed E-state index contributed by atoms with van der Waals surface area (Å²) in [6.07, 6.45) is 2.62. The summed E-state index contributed by atoms with van der Waals surface area (Å²) in [6.45, 7) is 6.76. The number of rotatable bonds is 4. The van der Waals surface area contributed by atoms with Gasteiger partial charge in [-0.2, -0.15) is 0 Å². The first-order valence-corrected chi connectivity index (χ1v) is 9.98. The van der Waals surface area contributed by atoms with E-state index in [0.29, 0.717) is 10.1 Å². The first-order valence-electron chi connectivity index (χ1n) is 9.19. The van der Waals surface area contributed by atoms with Crippen molar-refractivity contribution in [3.63, 3.8) is 0 Å². The van der Waals surface area contributed by atoms with Crippen LogP contribution < -0.4 is 15.5 Å². The van der Waals surface area contributed by atoms with E-state index in [1.807, 2.05) is 24.3 Å². The third kappa shape index (κ3) is 5.12. The number of piperidine rings is 1. The molecule has 26 heavy (non-hydrogen) atoms. The zero-order chi connectivity index (χ0) is 18.5. The zero-order valence-electron chi connectivity index (χ0n) is 15.3. The summed E-state index contributed by atoms with van der Waals surface area (Å²) < 4.78 is 0. The fourth-order valence-electron chi connectivity index (χ4n) is 3.41. The minimum Gasteiger partial charge on any atom is -0.371 e. The van der Waals surface area contributed by atoms with Crippen LogP contribution in [-0.4, -0.2) is 18.2 Å². The van der Waals surface area contributed by atoms with Gasteiger partial charge in [0.15, 0.2) is 5.11 Å². The van der Waals surface area contributed by atoms with Crippen LogP contribution in [0.15, 0.2) is 48.5 Å². The lowest BCUT2D eigenvalue weighted by Crippen LogP contribution is -2.34. The average Bonchev–Trinajstić information content (AvgIpc) is 2.61. The second-order valence-electron chi connectivity index (χ2n) is 7.12. The highest BCUT2D eigenvalue weighted by atomic mass is 35.5. The van der Waals surface area contributed by atoms with Crippen LogP contribution in [0.3, 0.4) is 0 Å². The first kappa shape index (κ1) is 19.0. The average molecular weight is 388 g/mol. The van der Waals surface area contributed by atoms with Crippen molar-refractivity contribution in [3.8, 4) is 0 Å². The molecule has 2 aromatic rings. The van der Waals surface area contributed by atoms with Crippen LogP contribution in [0, 0.1) is 5.92 Å². The van der Waals surface area contributed by atoms with E-state index >= 15 is 0 Å². The van der Waals surface area contributed by atoms with Gasteiger partial charge in [0.2, 0.25) is 0 Å². The van der Waals surface area contributed by atoms with Crippen LogP contribution >= 0.6 is 23.8 Å². The minimum absolute atomic E-state index is 0.128. The van der Waals surface area contributed by atoms with Crippen molar-refractivity contribution in [2.75, 3.05) is 23.3 Å². The Morgan fingerprint density at radius 3 is 2.69 bits per heavy atom. The van der Waals surface area contributed by atoms with Gasteiger partial charge in [0.1, 0.15) is 0 Å². The van der Waals surface area contributed by atoms with Gasteiger partial charge in [-0.3, -0.25) is 0 Å². The predicted molar refractivity (Wildman–Crippen MR) is 116 cm³/mol. The van der Waals surface area contributed by atoms with Crippen LogP contribution in [-0.2, 0) is 0 Å². The van der Waals surface area contributed by atoms with Gasteiger partial charge >= 0.3 is 0 Å². The molecule has 3 rings (SSSR count). The molecule has 1 heterocycles. The molecule has 138 valence electrons. The maximum absolute atomic E-state index is 6.01. The molecule has 1 aliphatic heterocycles. The molecule has 1 saturated heterocycles. The Bertz CT molecular complexity index is 747. The summed E-state index contributed by atoms with van der Waals surface area (Å²) in [7, 11) is 0. The van der Waals surface area contributed by atoms with Crippen molar-refractivity contribution >= 4 is 40.3 Å². The molecule has 2 aromatic carbocycles. The topological polar surface area (TPSA) is 27.3 Å². The van der Waals surface area contributed by atoms with Gasteiger partial charge in [-0.15, -0.1) is 0 Å². The quantitative estimate of drug-likeness (QED) is 0.665. The van der Waals surface area contributed by atoms with Gasteiger partial charge in [-0.1, -0.05) is 36.7 Å². The Labute approximate surface area is 166 Å². The maximum atomic E-state index is 6.01. The number of anilines is 2. The molecule has 0 saturated carbocycles. The number of benzene rings is 2.